The minimum Gasteiger partial charge on any atom is -0.376 e. The van der Waals surface area contributed by atoms with Crippen LogP contribution in [-0.4, -0.2) is 37.4 Å². The summed E-state index contributed by atoms with van der Waals surface area (Å²) in [7, 11) is 3.42. The molecule has 0 heterocycles. The average Bonchev–Trinajstić information content (AvgIpc) is 2.52. The van der Waals surface area contributed by atoms with Gasteiger partial charge in [-0.25, -0.2) is 0 Å². The number of benzene rings is 2. The van der Waals surface area contributed by atoms with Gasteiger partial charge in [0.25, 0.3) is 5.91 Å². The summed E-state index contributed by atoms with van der Waals surface area (Å²) in [5.41, 5.74) is 3.28. The van der Waals surface area contributed by atoms with E-state index in [0.29, 0.717) is 5.56 Å². The predicted octanol–water partition coefficient (Wildman–Crippen LogP) is 2.75. The molecule has 23 heavy (non-hydrogen) atoms. The summed E-state index contributed by atoms with van der Waals surface area (Å²) in [5.74, 6) is -0.169. The zero-order valence-corrected chi connectivity index (χ0v) is 13.6. The van der Waals surface area contributed by atoms with Crippen molar-refractivity contribution in [2.45, 2.75) is 6.92 Å². The van der Waals surface area contributed by atoms with E-state index in [0.717, 1.165) is 16.9 Å². The van der Waals surface area contributed by atoms with E-state index in [1.165, 1.54) is 4.90 Å². The third kappa shape index (κ3) is 4.85. The Morgan fingerprint density at radius 1 is 1.00 bits per heavy atom. The fourth-order valence-electron chi connectivity index (χ4n) is 2.10. The number of hydrogen-bond acceptors (Lipinski definition) is 3. The molecule has 0 atom stereocenters. The lowest BCUT2D eigenvalue weighted by atomic mass is 10.2. The molecule has 0 fully saturated rings. The molecule has 0 saturated heterocycles. The third-order valence-electron chi connectivity index (χ3n) is 3.29. The van der Waals surface area contributed by atoms with Crippen LogP contribution in [0.15, 0.2) is 48.5 Å². The van der Waals surface area contributed by atoms with Crippen molar-refractivity contribution in [1.82, 2.24) is 4.90 Å². The fraction of sp³-hybridized carbons (Fsp3) is 0.222. The summed E-state index contributed by atoms with van der Waals surface area (Å²) >= 11 is 0. The summed E-state index contributed by atoms with van der Waals surface area (Å²) < 4.78 is 0. The van der Waals surface area contributed by atoms with Gasteiger partial charge in [0.05, 0.1) is 6.54 Å². The summed E-state index contributed by atoms with van der Waals surface area (Å²) in [4.78, 5) is 25.2. The smallest absolute Gasteiger partial charge is 0.253 e. The van der Waals surface area contributed by atoms with Gasteiger partial charge in [0, 0.05) is 31.0 Å². The highest BCUT2D eigenvalue weighted by Gasteiger charge is 2.07. The number of hydrogen-bond donors (Lipinski definition) is 2. The number of nitrogens with one attached hydrogen (secondary N) is 2. The van der Waals surface area contributed by atoms with Crippen LogP contribution in [0.25, 0.3) is 0 Å². The van der Waals surface area contributed by atoms with Crippen LogP contribution in [-0.2, 0) is 4.79 Å². The van der Waals surface area contributed by atoms with Crippen LogP contribution in [0.4, 0.5) is 11.4 Å². The van der Waals surface area contributed by atoms with E-state index < -0.39 is 0 Å². The molecule has 120 valence electrons. The molecule has 0 bridgehead atoms. The molecule has 0 radical (unpaired) electrons. The molecule has 2 aromatic rings. The summed E-state index contributed by atoms with van der Waals surface area (Å²) in [6, 6.07) is 14.7. The molecule has 0 saturated carbocycles. The van der Waals surface area contributed by atoms with E-state index in [1.807, 2.05) is 31.2 Å². The van der Waals surface area contributed by atoms with Gasteiger partial charge in [0.15, 0.2) is 0 Å². The van der Waals surface area contributed by atoms with Gasteiger partial charge in [-0.2, -0.15) is 0 Å². The Bertz CT molecular complexity index is 694. The van der Waals surface area contributed by atoms with E-state index in [4.69, 9.17) is 0 Å². The highest BCUT2D eigenvalue weighted by molar-refractivity contribution is 5.95. The van der Waals surface area contributed by atoms with Crippen LogP contribution >= 0.6 is 0 Å². The summed E-state index contributed by atoms with van der Waals surface area (Å²) in [6.45, 7) is 2.14. The minimum absolute atomic E-state index is 0.0475. The second-order valence-electron chi connectivity index (χ2n) is 5.55. The standard InChI is InChI=1S/C18H21N3O2/c1-13-5-4-6-16(11-13)20-17(22)12-19-15-9-7-14(8-10-15)18(23)21(2)3/h4-11,19H,12H2,1-3H3,(H,20,22). The maximum absolute atomic E-state index is 11.9. The van der Waals surface area contributed by atoms with Gasteiger partial charge < -0.3 is 15.5 Å². The average molecular weight is 311 g/mol. The SMILES string of the molecule is Cc1cccc(NC(=O)CNc2ccc(C(=O)N(C)C)cc2)c1. The van der Waals surface area contributed by atoms with Gasteiger partial charge >= 0.3 is 0 Å². The Morgan fingerprint density at radius 2 is 1.70 bits per heavy atom. The van der Waals surface area contributed by atoms with Gasteiger partial charge in [-0.05, 0) is 48.9 Å². The molecule has 2 rings (SSSR count). The van der Waals surface area contributed by atoms with E-state index >= 15 is 0 Å². The zero-order chi connectivity index (χ0) is 16.8. The van der Waals surface area contributed by atoms with Crippen molar-refractivity contribution in [2.24, 2.45) is 0 Å². The number of anilines is 2. The van der Waals surface area contributed by atoms with Crippen LogP contribution < -0.4 is 10.6 Å². The van der Waals surface area contributed by atoms with Crippen molar-refractivity contribution in [3.8, 4) is 0 Å². The van der Waals surface area contributed by atoms with Gasteiger partial charge in [-0.15, -0.1) is 0 Å². The second-order valence-corrected chi connectivity index (χ2v) is 5.55. The lowest BCUT2D eigenvalue weighted by Crippen LogP contribution is -2.22. The number of aryl methyl sites for hydroxylation is 1. The first-order chi connectivity index (χ1) is 11.0. The first-order valence-electron chi connectivity index (χ1n) is 7.38. The highest BCUT2D eigenvalue weighted by Crippen LogP contribution is 2.12. The Morgan fingerprint density at radius 3 is 2.30 bits per heavy atom. The molecule has 0 unspecified atom stereocenters. The monoisotopic (exact) mass is 311 g/mol. The maximum Gasteiger partial charge on any atom is 0.253 e. The number of carbonyl (C=O) groups is 2. The predicted molar refractivity (Wildman–Crippen MR) is 92.8 cm³/mol. The first kappa shape index (κ1) is 16.5. The number of rotatable bonds is 5. The van der Waals surface area contributed by atoms with E-state index in [2.05, 4.69) is 10.6 Å². The Labute approximate surface area is 136 Å². The Balaban J connectivity index is 1.88. The largest absolute Gasteiger partial charge is 0.376 e. The molecule has 0 aromatic heterocycles. The molecule has 0 aliphatic heterocycles. The number of nitrogens with zero attached hydrogens (tertiary/aromatic N) is 1. The Kier molecular flexibility index (Phi) is 5.36. The molecule has 0 aliphatic rings. The molecule has 2 amide bonds. The number of amides is 2. The van der Waals surface area contributed by atoms with E-state index in [9.17, 15) is 9.59 Å². The molecule has 0 spiro atoms. The van der Waals surface area contributed by atoms with E-state index in [1.54, 1.807) is 38.4 Å². The third-order valence-corrected chi connectivity index (χ3v) is 3.29. The second kappa shape index (κ2) is 7.45. The van der Waals surface area contributed by atoms with Crippen LogP contribution in [0.3, 0.4) is 0 Å². The Hall–Kier alpha value is -2.82. The first-order valence-corrected chi connectivity index (χ1v) is 7.38. The topological polar surface area (TPSA) is 61.4 Å². The van der Waals surface area contributed by atoms with Crippen molar-refractivity contribution in [2.75, 3.05) is 31.3 Å². The zero-order valence-electron chi connectivity index (χ0n) is 13.6. The van der Waals surface area contributed by atoms with Crippen molar-refractivity contribution in [1.29, 1.82) is 0 Å². The molecular weight excluding hydrogens is 290 g/mol. The van der Waals surface area contributed by atoms with E-state index in [-0.39, 0.29) is 18.4 Å². The van der Waals surface area contributed by atoms with Gasteiger partial charge in [0.1, 0.15) is 0 Å². The maximum atomic E-state index is 11.9. The van der Waals surface area contributed by atoms with Crippen molar-refractivity contribution < 1.29 is 9.59 Å². The van der Waals surface area contributed by atoms with Crippen molar-refractivity contribution >= 4 is 23.2 Å². The van der Waals surface area contributed by atoms with Gasteiger partial charge in [0.2, 0.25) is 5.91 Å². The molecule has 0 aliphatic carbocycles. The number of carbonyl (C=O) groups excluding carboxylic acids is 2. The summed E-state index contributed by atoms with van der Waals surface area (Å²) in [6.07, 6.45) is 0. The van der Waals surface area contributed by atoms with Crippen LogP contribution in [0, 0.1) is 6.92 Å². The van der Waals surface area contributed by atoms with Crippen molar-refractivity contribution in [3.05, 3.63) is 59.7 Å². The highest BCUT2D eigenvalue weighted by atomic mass is 16.2. The van der Waals surface area contributed by atoms with Gasteiger partial charge in [-0.3, -0.25) is 9.59 Å². The molecule has 5 heteroatoms. The molecule has 5 nitrogen and oxygen atoms in total. The lowest BCUT2D eigenvalue weighted by Gasteiger charge is -2.11. The summed E-state index contributed by atoms with van der Waals surface area (Å²) in [5, 5.41) is 5.87. The molecule has 2 N–H and O–H groups in total. The molecular formula is C18H21N3O2. The van der Waals surface area contributed by atoms with Crippen LogP contribution in [0.5, 0.6) is 0 Å². The van der Waals surface area contributed by atoms with Crippen LogP contribution in [0.1, 0.15) is 15.9 Å². The minimum atomic E-state index is -0.121. The van der Waals surface area contributed by atoms with Gasteiger partial charge in [-0.1, -0.05) is 12.1 Å². The fourth-order valence-corrected chi connectivity index (χ4v) is 2.10. The normalized spacial score (nSPS) is 10.0. The van der Waals surface area contributed by atoms with Crippen molar-refractivity contribution in [3.63, 3.8) is 0 Å². The lowest BCUT2D eigenvalue weighted by molar-refractivity contribution is -0.114. The van der Waals surface area contributed by atoms with Crippen LogP contribution in [0.2, 0.25) is 0 Å². The quantitative estimate of drug-likeness (QED) is 0.892. The molecule has 2 aromatic carbocycles.